The van der Waals surface area contributed by atoms with E-state index in [1.165, 1.54) is 28.6 Å². The second-order valence-electron chi connectivity index (χ2n) is 4.96. The summed E-state index contributed by atoms with van der Waals surface area (Å²) in [6.07, 6.45) is 0. The van der Waals surface area contributed by atoms with Gasteiger partial charge in [0.1, 0.15) is 5.82 Å². The Balaban J connectivity index is 1.85. The van der Waals surface area contributed by atoms with Gasteiger partial charge < -0.3 is 5.84 Å². The van der Waals surface area contributed by atoms with Gasteiger partial charge in [-0.1, -0.05) is 41.6 Å². The Kier molecular flexibility index (Phi) is 4.54. The van der Waals surface area contributed by atoms with E-state index in [2.05, 4.69) is 10.2 Å². The molecular formula is C16H14ClFN4S. The zero-order chi connectivity index (χ0) is 16.4. The Morgan fingerprint density at radius 2 is 1.83 bits per heavy atom. The topological polar surface area (TPSA) is 56.7 Å². The third kappa shape index (κ3) is 3.33. The average Bonchev–Trinajstić information content (AvgIpc) is 2.89. The Morgan fingerprint density at radius 1 is 1.13 bits per heavy atom. The molecule has 1 atom stereocenters. The van der Waals surface area contributed by atoms with Crippen LogP contribution in [0.25, 0.3) is 11.4 Å². The van der Waals surface area contributed by atoms with Crippen LogP contribution in [-0.4, -0.2) is 14.9 Å². The van der Waals surface area contributed by atoms with Gasteiger partial charge in [0.2, 0.25) is 5.16 Å². The van der Waals surface area contributed by atoms with Crippen molar-refractivity contribution in [3.63, 3.8) is 0 Å². The van der Waals surface area contributed by atoms with E-state index >= 15 is 0 Å². The van der Waals surface area contributed by atoms with Gasteiger partial charge in [0.05, 0.1) is 0 Å². The predicted molar refractivity (Wildman–Crippen MR) is 91.3 cm³/mol. The lowest BCUT2D eigenvalue weighted by Crippen LogP contribution is -2.12. The molecule has 0 unspecified atom stereocenters. The zero-order valence-electron chi connectivity index (χ0n) is 12.3. The summed E-state index contributed by atoms with van der Waals surface area (Å²) >= 11 is 7.68. The van der Waals surface area contributed by atoms with E-state index in [4.69, 9.17) is 17.4 Å². The maximum atomic E-state index is 13.0. The smallest absolute Gasteiger partial charge is 0.210 e. The van der Waals surface area contributed by atoms with E-state index in [1.807, 2.05) is 31.2 Å². The number of aromatic nitrogens is 3. The SMILES string of the molecule is C[C@H](Sc1nnc(-c2ccc(F)cc2)n1N)c1ccccc1Cl. The van der Waals surface area contributed by atoms with Crippen molar-refractivity contribution < 1.29 is 4.39 Å². The molecule has 2 N–H and O–H groups in total. The largest absolute Gasteiger partial charge is 0.335 e. The third-order valence-electron chi connectivity index (χ3n) is 3.39. The molecule has 1 aromatic heterocycles. The molecule has 0 aliphatic rings. The van der Waals surface area contributed by atoms with Gasteiger partial charge in [0, 0.05) is 15.8 Å². The highest BCUT2D eigenvalue weighted by atomic mass is 35.5. The molecule has 0 amide bonds. The lowest BCUT2D eigenvalue weighted by molar-refractivity contribution is 0.628. The number of benzene rings is 2. The summed E-state index contributed by atoms with van der Waals surface area (Å²) in [5.41, 5.74) is 1.71. The van der Waals surface area contributed by atoms with Crippen LogP contribution in [0.15, 0.2) is 53.7 Å². The molecule has 0 saturated heterocycles. The molecule has 0 radical (unpaired) electrons. The fourth-order valence-corrected chi connectivity index (χ4v) is 3.48. The lowest BCUT2D eigenvalue weighted by atomic mass is 10.2. The molecule has 0 spiro atoms. The minimum atomic E-state index is -0.307. The van der Waals surface area contributed by atoms with Gasteiger partial charge in [0.25, 0.3) is 0 Å². The summed E-state index contributed by atoms with van der Waals surface area (Å²) in [4.78, 5) is 0. The molecule has 3 aromatic rings. The summed E-state index contributed by atoms with van der Waals surface area (Å²) in [7, 11) is 0. The molecule has 1 heterocycles. The zero-order valence-corrected chi connectivity index (χ0v) is 13.9. The second-order valence-corrected chi connectivity index (χ2v) is 6.68. The van der Waals surface area contributed by atoms with Crippen molar-refractivity contribution in [3.05, 3.63) is 64.9 Å². The minimum absolute atomic E-state index is 0.0660. The number of thioether (sulfide) groups is 1. The molecule has 0 saturated carbocycles. The van der Waals surface area contributed by atoms with Crippen LogP contribution in [0, 0.1) is 5.82 Å². The van der Waals surface area contributed by atoms with Crippen molar-refractivity contribution in [2.45, 2.75) is 17.3 Å². The predicted octanol–water partition coefficient (Wildman–Crippen LogP) is 4.30. The van der Waals surface area contributed by atoms with Gasteiger partial charge in [-0.2, -0.15) is 0 Å². The molecule has 0 aliphatic heterocycles. The van der Waals surface area contributed by atoms with Crippen molar-refractivity contribution >= 4 is 23.4 Å². The van der Waals surface area contributed by atoms with Crippen molar-refractivity contribution in [1.82, 2.24) is 14.9 Å². The van der Waals surface area contributed by atoms with E-state index < -0.39 is 0 Å². The van der Waals surface area contributed by atoms with E-state index in [0.717, 1.165) is 5.56 Å². The molecule has 0 fully saturated rings. The summed E-state index contributed by atoms with van der Waals surface area (Å²) in [5.74, 6) is 6.26. The quantitative estimate of drug-likeness (QED) is 0.564. The summed E-state index contributed by atoms with van der Waals surface area (Å²) < 4.78 is 14.4. The molecular weight excluding hydrogens is 335 g/mol. The van der Waals surface area contributed by atoms with E-state index in [1.54, 1.807) is 12.1 Å². The Hall–Kier alpha value is -2.05. The summed E-state index contributed by atoms with van der Waals surface area (Å²) in [6, 6.07) is 13.6. The van der Waals surface area contributed by atoms with Crippen LogP contribution in [0.1, 0.15) is 17.7 Å². The maximum Gasteiger partial charge on any atom is 0.210 e. The first kappa shape index (κ1) is 15.8. The lowest BCUT2D eigenvalue weighted by Gasteiger charge is -2.12. The van der Waals surface area contributed by atoms with Crippen LogP contribution < -0.4 is 5.84 Å². The number of nitrogen functional groups attached to an aromatic ring is 1. The first-order valence-corrected chi connectivity index (χ1v) is 8.19. The molecule has 0 bridgehead atoms. The molecule has 23 heavy (non-hydrogen) atoms. The van der Waals surface area contributed by atoms with E-state index in [-0.39, 0.29) is 11.1 Å². The molecule has 2 aromatic carbocycles. The van der Waals surface area contributed by atoms with Crippen molar-refractivity contribution in [2.75, 3.05) is 5.84 Å². The highest BCUT2D eigenvalue weighted by Crippen LogP contribution is 2.37. The summed E-state index contributed by atoms with van der Waals surface area (Å²) in [6.45, 7) is 2.03. The summed E-state index contributed by atoms with van der Waals surface area (Å²) in [5, 5.41) is 9.56. The molecule has 0 aliphatic carbocycles. The highest BCUT2D eigenvalue weighted by molar-refractivity contribution is 7.99. The first-order chi connectivity index (χ1) is 11.1. The fourth-order valence-electron chi connectivity index (χ4n) is 2.18. The Morgan fingerprint density at radius 3 is 2.52 bits per heavy atom. The van der Waals surface area contributed by atoms with E-state index in [0.29, 0.717) is 21.6 Å². The standard InChI is InChI=1S/C16H14ClFN4S/c1-10(13-4-2-3-5-14(13)17)23-16-21-20-15(22(16)19)11-6-8-12(18)9-7-11/h2-10H,19H2,1H3/t10-/m0/s1. The van der Waals surface area contributed by atoms with Crippen molar-refractivity contribution in [1.29, 1.82) is 0 Å². The number of rotatable bonds is 4. The van der Waals surface area contributed by atoms with Gasteiger partial charge in [-0.05, 0) is 42.8 Å². The maximum absolute atomic E-state index is 13.0. The third-order valence-corrected chi connectivity index (χ3v) is 4.83. The monoisotopic (exact) mass is 348 g/mol. The second kappa shape index (κ2) is 6.60. The highest BCUT2D eigenvalue weighted by Gasteiger charge is 2.17. The van der Waals surface area contributed by atoms with Gasteiger partial charge >= 0.3 is 0 Å². The Bertz CT molecular complexity index is 819. The minimum Gasteiger partial charge on any atom is -0.335 e. The van der Waals surface area contributed by atoms with E-state index in [9.17, 15) is 4.39 Å². The fraction of sp³-hybridized carbons (Fsp3) is 0.125. The normalized spacial score (nSPS) is 12.3. The molecule has 118 valence electrons. The molecule has 7 heteroatoms. The first-order valence-electron chi connectivity index (χ1n) is 6.94. The van der Waals surface area contributed by atoms with Crippen LogP contribution in [0.5, 0.6) is 0 Å². The average molecular weight is 349 g/mol. The van der Waals surface area contributed by atoms with Gasteiger partial charge in [-0.25, -0.2) is 9.07 Å². The van der Waals surface area contributed by atoms with Crippen LogP contribution in [0.3, 0.4) is 0 Å². The number of halogens is 2. The Labute approximate surface area is 142 Å². The van der Waals surface area contributed by atoms with Gasteiger partial charge in [-0.15, -0.1) is 10.2 Å². The van der Waals surface area contributed by atoms with Crippen LogP contribution >= 0.6 is 23.4 Å². The van der Waals surface area contributed by atoms with Crippen LogP contribution in [0.4, 0.5) is 4.39 Å². The number of hydrogen-bond acceptors (Lipinski definition) is 4. The number of nitrogens with zero attached hydrogens (tertiary/aromatic N) is 3. The number of hydrogen-bond donors (Lipinski definition) is 1. The van der Waals surface area contributed by atoms with Crippen molar-refractivity contribution in [3.8, 4) is 11.4 Å². The van der Waals surface area contributed by atoms with Gasteiger partial charge in [-0.3, -0.25) is 0 Å². The molecule has 3 rings (SSSR count). The molecule has 4 nitrogen and oxygen atoms in total. The van der Waals surface area contributed by atoms with Crippen molar-refractivity contribution in [2.24, 2.45) is 0 Å². The number of nitrogens with two attached hydrogens (primary N) is 1. The van der Waals surface area contributed by atoms with Gasteiger partial charge in [0.15, 0.2) is 5.82 Å². The van der Waals surface area contributed by atoms with Crippen LogP contribution in [-0.2, 0) is 0 Å². The van der Waals surface area contributed by atoms with Crippen LogP contribution in [0.2, 0.25) is 5.02 Å².